The molecule has 0 saturated heterocycles. The maximum Gasteiger partial charge on any atom is 0.142 e. The van der Waals surface area contributed by atoms with Crippen molar-refractivity contribution in [1.82, 2.24) is 0 Å². The monoisotopic (exact) mass is 277 g/mol. The number of benzene rings is 2. The van der Waals surface area contributed by atoms with Gasteiger partial charge in [0, 0.05) is 6.04 Å². The van der Waals surface area contributed by atoms with Crippen molar-refractivity contribution in [3.05, 3.63) is 70.5 Å². The van der Waals surface area contributed by atoms with Crippen LogP contribution in [0.5, 0.6) is 0 Å². The quantitative estimate of drug-likeness (QED) is 0.879. The molecule has 2 aromatic rings. The summed E-state index contributed by atoms with van der Waals surface area (Å²) in [6, 6.07) is 15.1. The molecular weight excluding hydrogens is 261 g/mol. The highest BCUT2D eigenvalue weighted by molar-refractivity contribution is 6.30. The Morgan fingerprint density at radius 1 is 1.05 bits per heavy atom. The molecule has 3 heteroatoms. The molecule has 0 aliphatic rings. The van der Waals surface area contributed by atoms with Gasteiger partial charge < -0.3 is 5.73 Å². The highest BCUT2D eigenvalue weighted by Gasteiger charge is 2.07. The van der Waals surface area contributed by atoms with Gasteiger partial charge in [-0.25, -0.2) is 4.39 Å². The second-order valence-electron chi connectivity index (χ2n) is 4.74. The van der Waals surface area contributed by atoms with Gasteiger partial charge in [0.1, 0.15) is 5.82 Å². The van der Waals surface area contributed by atoms with Crippen LogP contribution in [0.2, 0.25) is 5.02 Å². The van der Waals surface area contributed by atoms with Crippen LogP contribution in [0, 0.1) is 5.82 Å². The summed E-state index contributed by atoms with van der Waals surface area (Å²) in [5.74, 6) is -0.380. The van der Waals surface area contributed by atoms with Crippen molar-refractivity contribution in [3.63, 3.8) is 0 Å². The Bertz CT molecular complexity index is 528. The Labute approximate surface area is 118 Å². The third kappa shape index (κ3) is 4.34. The zero-order valence-electron chi connectivity index (χ0n) is 10.7. The van der Waals surface area contributed by atoms with E-state index < -0.39 is 0 Å². The lowest BCUT2D eigenvalue weighted by molar-refractivity contribution is 0.599. The Hall–Kier alpha value is -1.38. The Morgan fingerprint density at radius 3 is 2.47 bits per heavy atom. The Morgan fingerprint density at radius 2 is 1.79 bits per heavy atom. The normalized spacial score (nSPS) is 12.4. The number of hydrogen-bond acceptors (Lipinski definition) is 1. The summed E-state index contributed by atoms with van der Waals surface area (Å²) >= 11 is 5.65. The van der Waals surface area contributed by atoms with E-state index in [0.717, 1.165) is 18.4 Å². The minimum atomic E-state index is -0.380. The van der Waals surface area contributed by atoms with Crippen LogP contribution < -0.4 is 5.73 Å². The standard InChI is InChI=1S/C16H17ClFN/c17-15-9-7-13(11-16(15)18)10-14(19)8-6-12-4-2-1-3-5-12/h1-5,7,9,11,14H,6,8,10,19H2. The summed E-state index contributed by atoms with van der Waals surface area (Å²) in [7, 11) is 0. The first-order chi connectivity index (χ1) is 9.15. The van der Waals surface area contributed by atoms with Crippen LogP contribution >= 0.6 is 11.6 Å². The van der Waals surface area contributed by atoms with Gasteiger partial charge in [-0.2, -0.15) is 0 Å². The van der Waals surface area contributed by atoms with Crippen molar-refractivity contribution < 1.29 is 4.39 Å². The van der Waals surface area contributed by atoms with E-state index >= 15 is 0 Å². The first-order valence-corrected chi connectivity index (χ1v) is 6.76. The lowest BCUT2D eigenvalue weighted by Gasteiger charge is -2.12. The molecule has 1 nitrogen and oxygen atoms in total. The molecule has 0 aromatic heterocycles. The minimum Gasteiger partial charge on any atom is -0.327 e. The molecule has 0 heterocycles. The van der Waals surface area contributed by atoms with Gasteiger partial charge in [0.2, 0.25) is 0 Å². The third-order valence-electron chi connectivity index (χ3n) is 3.13. The zero-order chi connectivity index (χ0) is 13.7. The third-order valence-corrected chi connectivity index (χ3v) is 3.44. The molecule has 0 spiro atoms. The first-order valence-electron chi connectivity index (χ1n) is 6.38. The fraction of sp³-hybridized carbons (Fsp3) is 0.250. The Kier molecular flexibility index (Phi) is 4.94. The van der Waals surface area contributed by atoms with Crippen LogP contribution in [-0.2, 0) is 12.8 Å². The van der Waals surface area contributed by atoms with Crippen molar-refractivity contribution >= 4 is 11.6 Å². The van der Waals surface area contributed by atoms with Crippen molar-refractivity contribution in [2.45, 2.75) is 25.3 Å². The summed E-state index contributed by atoms with van der Waals surface area (Å²) in [4.78, 5) is 0. The van der Waals surface area contributed by atoms with E-state index in [0.29, 0.717) is 6.42 Å². The molecule has 2 rings (SSSR count). The van der Waals surface area contributed by atoms with E-state index in [1.807, 2.05) is 24.3 Å². The Balaban J connectivity index is 1.87. The van der Waals surface area contributed by atoms with Gasteiger partial charge in [-0.3, -0.25) is 0 Å². The molecule has 2 aromatic carbocycles. The summed E-state index contributed by atoms with van der Waals surface area (Å²) < 4.78 is 13.3. The van der Waals surface area contributed by atoms with Crippen molar-refractivity contribution in [3.8, 4) is 0 Å². The van der Waals surface area contributed by atoms with Crippen LogP contribution in [-0.4, -0.2) is 6.04 Å². The highest BCUT2D eigenvalue weighted by Crippen LogP contribution is 2.17. The van der Waals surface area contributed by atoms with Crippen molar-refractivity contribution in [2.24, 2.45) is 5.73 Å². The van der Waals surface area contributed by atoms with Gasteiger partial charge in [0.25, 0.3) is 0 Å². The minimum absolute atomic E-state index is 0.0285. The molecular formula is C16H17ClFN. The molecule has 0 amide bonds. The van der Waals surface area contributed by atoms with Gasteiger partial charge in [-0.15, -0.1) is 0 Å². The van der Waals surface area contributed by atoms with E-state index in [2.05, 4.69) is 12.1 Å². The maximum atomic E-state index is 13.3. The maximum absolute atomic E-state index is 13.3. The van der Waals surface area contributed by atoms with E-state index in [4.69, 9.17) is 17.3 Å². The lowest BCUT2D eigenvalue weighted by atomic mass is 10.00. The average molecular weight is 278 g/mol. The summed E-state index contributed by atoms with van der Waals surface area (Å²) in [5, 5.41) is 0.154. The van der Waals surface area contributed by atoms with Crippen LogP contribution in [0.15, 0.2) is 48.5 Å². The molecule has 0 aliphatic heterocycles. The van der Waals surface area contributed by atoms with Crippen LogP contribution in [0.4, 0.5) is 4.39 Å². The van der Waals surface area contributed by atoms with Crippen molar-refractivity contribution in [2.75, 3.05) is 0 Å². The first kappa shape index (κ1) is 14.0. The van der Waals surface area contributed by atoms with Gasteiger partial charge in [-0.1, -0.05) is 48.0 Å². The number of rotatable bonds is 5. The van der Waals surface area contributed by atoms with Gasteiger partial charge in [0.05, 0.1) is 5.02 Å². The molecule has 0 radical (unpaired) electrons. The smallest absolute Gasteiger partial charge is 0.142 e. The predicted octanol–water partition coefficient (Wildman–Crippen LogP) is 3.98. The van der Waals surface area contributed by atoms with Gasteiger partial charge >= 0.3 is 0 Å². The van der Waals surface area contributed by atoms with Crippen LogP contribution in [0.3, 0.4) is 0 Å². The number of hydrogen-bond donors (Lipinski definition) is 1. The highest BCUT2D eigenvalue weighted by atomic mass is 35.5. The fourth-order valence-corrected chi connectivity index (χ4v) is 2.19. The van der Waals surface area contributed by atoms with Crippen molar-refractivity contribution in [1.29, 1.82) is 0 Å². The van der Waals surface area contributed by atoms with Crippen LogP contribution in [0.25, 0.3) is 0 Å². The lowest BCUT2D eigenvalue weighted by Crippen LogP contribution is -2.23. The van der Waals surface area contributed by atoms with E-state index in [1.54, 1.807) is 6.07 Å². The molecule has 1 unspecified atom stereocenters. The topological polar surface area (TPSA) is 26.0 Å². The number of nitrogens with two attached hydrogens (primary N) is 1. The molecule has 1 atom stereocenters. The SMILES string of the molecule is NC(CCc1ccccc1)Cc1ccc(Cl)c(F)c1. The summed E-state index contributed by atoms with van der Waals surface area (Å²) in [6.07, 6.45) is 2.49. The molecule has 0 saturated carbocycles. The second kappa shape index (κ2) is 6.69. The number of halogens is 2. The molecule has 0 fully saturated rings. The summed E-state index contributed by atoms with van der Waals surface area (Å²) in [5.41, 5.74) is 8.26. The van der Waals surface area contributed by atoms with Gasteiger partial charge in [-0.05, 0) is 42.5 Å². The van der Waals surface area contributed by atoms with E-state index in [-0.39, 0.29) is 16.9 Å². The predicted molar refractivity (Wildman–Crippen MR) is 77.9 cm³/mol. The van der Waals surface area contributed by atoms with E-state index in [9.17, 15) is 4.39 Å². The molecule has 19 heavy (non-hydrogen) atoms. The average Bonchev–Trinajstić information content (AvgIpc) is 2.42. The van der Waals surface area contributed by atoms with Gasteiger partial charge in [0.15, 0.2) is 0 Å². The zero-order valence-corrected chi connectivity index (χ0v) is 11.4. The molecule has 100 valence electrons. The molecule has 0 bridgehead atoms. The second-order valence-corrected chi connectivity index (χ2v) is 5.14. The molecule has 0 aliphatic carbocycles. The number of aryl methyl sites for hydroxylation is 1. The fourth-order valence-electron chi connectivity index (χ4n) is 2.07. The molecule has 2 N–H and O–H groups in total. The largest absolute Gasteiger partial charge is 0.327 e. The summed E-state index contributed by atoms with van der Waals surface area (Å²) in [6.45, 7) is 0. The van der Waals surface area contributed by atoms with E-state index in [1.165, 1.54) is 11.6 Å². The van der Waals surface area contributed by atoms with Crippen LogP contribution in [0.1, 0.15) is 17.5 Å².